The molecule has 1 fully saturated rings. The number of esters is 1. The van der Waals surface area contributed by atoms with Crippen LogP contribution >= 0.6 is 0 Å². The van der Waals surface area contributed by atoms with Crippen molar-refractivity contribution in [3.8, 4) is 0 Å². The van der Waals surface area contributed by atoms with Gasteiger partial charge >= 0.3 is 5.97 Å². The fourth-order valence-electron chi connectivity index (χ4n) is 2.67. The summed E-state index contributed by atoms with van der Waals surface area (Å²) < 4.78 is 28.8. The highest BCUT2D eigenvalue weighted by molar-refractivity contribution is 5.66. The van der Waals surface area contributed by atoms with Gasteiger partial charge in [0.2, 0.25) is 0 Å². The first kappa shape index (κ1) is 21.4. The predicted molar refractivity (Wildman–Crippen MR) is 91.1 cm³/mol. The molecule has 0 aromatic carbocycles. The van der Waals surface area contributed by atoms with Crippen molar-refractivity contribution in [1.29, 1.82) is 0 Å². The lowest BCUT2D eigenvalue weighted by Gasteiger charge is -2.41. The van der Waals surface area contributed by atoms with Crippen LogP contribution in [0.2, 0.25) is 0 Å². The first-order valence-electron chi connectivity index (χ1n) is 9.23. The first-order valence-corrected chi connectivity index (χ1v) is 9.23. The number of hydrogen-bond acceptors (Lipinski definition) is 6. The van der Waals surface area contributed by atoms with Crippen molar-refractivity contribution < 1.29 is 28.5 Å². The Bertz CT molecular complexity index is 335. The third-order valence-electron chi connectivity index (χ3n) is 3.95. The normalized spacial score (nSPS) is 27.2. The van der Waals surface area contributed by atoms with E-state index in [1.807, 2.05) is 6.92 Å². The van der Waals surface area contributed by atoms with Crippen molar-refractivity contribution in [3.63, 3.8) is 0 Å². The highest BCUT2D eigenvalue weighted by Gasteiger charge is 2.44. The van der Waals surface area contributed by atoms with Gasteiger partial charge in [-0.1, -0.05) is 26.7 Å². The van der Waals surface area contributed by atoms with E-state index in [0.29, 0.717) is 33.0 Å². The topological polar surface area (TPSA) is 63.2 Å². The van der Waals surface area contributed by atoms with Gasteiger partial charge in [0.25, 0.3) is 0 Å². The standard InChI is InChI=1S/C18H34O6/c1-5-8-10-20-12-15-18(24-14(4)19)17(21-7-3)16(13-23-15)22-11-9-6-2/h15-18H,5-13H2,1-4H3/t15-,16+,17-,18-/m1/s1. The van der Waals surface area contributed by atoms with Crippen molar-refractivity contribution in [1.82, 2.24) is 0 Å². The van der Waals surface area contributed by atoms with Crippen LogP contribution in [0.25, 0.3) is 0 Å². The largest absolute Gasteiger partial charge is 0.457 e. The molecule has 0 aromatic rings. The summed E-state index contributed by atoms with van der Waals surface area (Å²) in [6.07, 6.45) is 2.73. The van der Waals surface area contributed by atoms with Gasteiger partial charge in [-0.2, -0.15) is 0 Å². The van der Waals surface area contributed by atoms with E-state index in [1.165, 1.54) is 6.92 Å². The van der Waals surface area contributed by atoms with Crippen LogP contribution in [-0.4, -0.2) is 63.4 Å². The lowest BCUT2D eigenvalue weighted by molar-refractivity contribution is -0.234. The van der Waals surface area contributed by atoms with Gasteiger partial charge in [-0.25, -0.2) is 0 Å². The summed E-state index contributed by atoms with van der Waals surface area (Å²) in [4.78, 5) is 11.5. The number of carbonyl (C=O) groups is 1. The van der Waals surface area contributed by atoms with Crippen molar-refractivity contribution in [3.05, 3.63) is 0 Å². The van der Waals surface area contributed by atoms with E-state index in [0.717, 1.165) is 25.7 Å². The number of ether oxygens (including phenoxy) is 5. The molecule has 0 saturated carbocycles. The molecule has 142 valence electrons. The van der Waals surface area contributed by atoms with Gasteiger partial charge in [0.15, 0.2) is 6.10 Å². The van der Waals surface area contributed by atoms with Crippen LogP contribution < -0.4 is 0 Å². The van der Waals surface area contributed by atoms with Gasteiger partial charge in [0, 0.05) is 26.7 Å². The van der Waals surface area contributed by atoms with Crippen LogP contribution in [0.4, 0.5) is 0 Å². The minimum absolute atomic E-state index is 0.229. The molecular weight excluding hydrogens is 312 g/mol. The Morgan fingerprint density at radius 1 is 1.04 bits per heavy atom. The van der Waals surface area contributed by atoms with Gasteiger partial charge in [0.1, 0.15) is 18.3 Å². The molecule has 0 bridgehead atoms. The first-order chi connectivity index (χ1) is 11.6. The summed E-state index contributed by atoms with van der Waals surface area (Å²) in [7, 11) is 0. The second-order valence-corrected chi connectivity index (χ2v) is 6.06. The molecule has 0 aliphatic carbocycles. The molecule has 0 aromatic heterocycles. The third kappa shape index (κ3) is 7.47. The fourth-order valence-corrected chi connectivity index (χ4v) is 2.67. The maximum atomic E-state index is 11.5. The lowest BCUT2D eigenvalue weighted by Crippen LogP contribution is -2.58. The fraction of sp³-hybridized carbons (Fsp3) is 0.944. The Kier molecular flexibility index (Phi) is 11.2. The number of unbranched alkanes of at least 4 members (excludes halogenated alkanes) is 2. The lowest BCUT2D eigenvalue weighted by atomic mass is 9.99. The minimum Gasteiger partial charge on any atom is -0.457 e. The highest BCUT2D eigenvalue weighted by atomic mass is 16.6. The van der Waals surface area contributed by atoms with E-state index in [2.05, 4.69) is 13.8 Å². The van der Waals surface area contributed by atoms with Gasteiger partial charge < -0.3 is 23.7 Å². The molecule has 0 amide bonds. The molecule has 1 aliphatic rings. The molecule has 1 aliphatic heterocycles. The molecule has 1 heterocycles. The molecule has 6 nitrogen and oxygen atoms in total. The summed E-state index contributed by atoms with van der Waals surface area (Å²) in [5.41, 5.74) is 0. The van der Waals surface area contributed by atoms with E-state index in [-0.39, 0.29) is 24.3 Å². The summed E-state index contributed by atoms with van der Waals surface area (Å²) in [6.45, 7) is 10.2. The van der Waals surface area contributed by atoms with Crippen molar-refractivity contribution in [2.45, 2.75) is 77.8 Å². The minimum atomic E-state index is -0.510. The number of hydrogen-bond donors (Lipinski definition) is 0. The second-order valence-electron chi connectivity index (χ2n) is 6.06. The number of carbonyl (C=O) groups excluding carboxylic acids is 1. The molecule has 4 atom stereocenters. The zero-order chi connectivity index (χ0) is 17.8. The summed E-state index contributed by atoms with van der Waals surface area (Å²) in [5.74, 6) is -0.346. The molecular formula is C18H34O6. The van der Waals surface area contributed by atoms with E-state index in [1.54, 1.807) is 0 Å². The Morgan fingerprint density at radius 2 is 1.75 bits per heavy atom. The van der Waals surface area contributed by atoms with Crippen molar-refractivity contribution >= 4 is 5.97 Å². The summed E-state index contributed by atoms with van der Waals surface area (Å²) in [5, 5.41) is 0. The third-order valence-corrected chi connectivity index (χ3v) is 3.95. The zero-order valence-electron chi connectivity index (χ0n) is 15.6. The van der Waals surface area contributed by atoms with Gasteiger partial charge in [-0.05, 0) is 19.8 Å². The van der Waals surface area contributed by atoms with Gasteiger partial charge in [-0.3, -0.25) is 4.79 Å². The quantitative estimate of drug-likeness (QED) is 0.400. The molecule has 0 unspecified atom stereocenters. The second kappa shape index (κ2) is 12.6. The highest BCUT2D eigenvalue weighted by Crippen LogP contribution is 2.24. The molecule has 1 rings (SSSR count). The maximum absolute atomic E-state index is 11.5. The van der Waals surface area contributed by atoms with Crippen LogP contribution in [0.1, 0.15) is 53.4 Å². The van der Waals surface area contributed by atoms with E-state index in [4.69, 9.17) is 23.7 Å². The van der Waals surface area contributed by atoms with E-state index < -0.39 is 6.10 Å². The Balaban J connectivity index is 2.70. The molecule has 6 heteroatoms. The molecule has 0 spiro atoms. The molecule has 0 N–H and O–H groups in total. The van der Waals surface area contributed by atoms with E-state index >= 15 is 0 Å². The zero-order valence-corrected chi connectivity index (χ0v) is 15.6. The molecule has 24 heavy (non-hydrogen) atoms. The van der Waals surface area contributed by atoms with Crippen LogP contribution in [0.15, 0.2) is 0 Å². The van der Waals surface area contributed by atoms with Crippen molar-refractivity contribution in [2.75, 3.05) is 33.0 Å². The van der Waals surface area contributed by atoms with Gasteiger partial charge in [-0.15, -0.1) is 0 Å². The Labute approximate surface area is 146 Å². The van der Waals surface area contributed by atoms with Crippen LogP contribution in [0.5, 0.6) is 0 Å². The van der Waals surface area contributed by atoms with Gasteiger partial charge in [0.05, 0.1) is 13.2 Å². The predicted octanol–water partition coefficient (Wildman–Crippen LogP) is 2.72. The molecule has 0 radical (unpaired) electrons. The SMILES string of the molecule is CCCCOC[C@H]1OC[C@H](OCCCC)[C@@H](OCC)[C@@H]1OC(C)=O. The average molecular weight is 346 g/mol. The summed E-state index contributed by atoms with van der Waals surface area (Å²) >= 11 is 0. The summed E-state index contributed by atoms with van der Waals surface area (Å²) in [6, 6.07) is 0. The Hall–Kier alpha value is -0.690. The van der Waals surface area contributed by atoms with Crippen molar-refractivity contribution in [2.24, 2.45) is 0 Å². The maximum Gasteiger partial charge on any atom is 0.303 e. The average Bonchev–Trinajstić information content (AvgIpc) is 2.55. The van der Waals surface area contributed by atoms with Crippen LogP contribution in [-0.2, 0) is 28.5 Å². The number of rotatable bonds is 12. The smallest absolute Gasteiger partial charge is 0.303 e. The van der Waals surface area contributed by atoms with Crippen LogP contribution in [0, 0.1) is 0 Å². The molecule has 1 saturated heterocycles. The monoisotopic (exact) mass is 346 g/mol. The Morgan fingerprint density at radius 3 is 2.38 bits per heavy atom. The van der Waals surface area contributed by atoms with Crippen LogP contribution in [0.3, 0.4) is 0 Å². The van der Waals surface area contributed by atoms with E-state index in [9.17, 15) is 4.79 Å².